The van der Waals surface area contributed by atoms with Gasteiger partial charge >= 0.3 is 0 Å². The number of carbonyl (C=O) groups is 1. The smallest absolute Gasteiger partial charge is 0.227 e. The Morgan fingerprint density at radius 3 is 2.53 bits per heavy atom. The van der Waals surface area contributed by atoms with Gasteiger partial charge in [-0.15, -0.1) is 0 Å². The number of carbonyl (C=O) groups excluding carboxylic acids is 1. The Kier molecular flexibility index (Phi) is 8.65. The summed E-state index contributed by atoms with van der Waals surface area (Å²) in [6.07, 6.45) is 11.1. The molecule has 7 atom stereocenters. The summed E-state index contributed by atoms with van der Waals surface area (Å²) in [6, 6.07) is 17.0. The predicted molar refractivity (Wildman–Crippen MR) is 144 cm³/mol. The number of phenolic OH excluding ortho intramolecular Hbond substituents is 1. The molecule has 1 amide bonds. The summed E-state index contributed by atoms with van der Waals surface area (Å²) >= 11 is 0. The average Bonchev–Trinajstić information content (AvgIpc) is 3.51. The van der Waals surface area contributed by atoms with Crippen LogP contribution in [0.5, 0.6) is 5.75 Å². The van der Waals surface area contributed by atoms with Crippen LogP contribution in [0.15, 0.2) is 78.9 Å². The van der Waals surface area contributed by atoms with E-state index in [1.165, 1.54) is 0 Å². The fourth-order valence-electron chi connectivity index (χ4n) is 5.91. The molecule has 192 valence electrons. The Balaban J connectivity index is 1.51. The Morgan fingerprint density at radius 2 is 1.81 bits per heavy atom. The lowest BCUT2D eigenvalue weighted by Crippen LogP contribution is -2.36. The van der Waals surface area contributed by atoms with Gasteiger partial charge in [-0.25, -0.2) is 0 Å². The number of aromatic hydroxyl groups is 1. The number of aliphatic hydroxyl groups is 1. The second kappa shape index (κ2) is 11.9. The zero-order chi connectivity index (χ0) is 25.7. The van der Waals surface area contributed by atoms with E-state index in [1.807, 2.05) is 62.4 Å². The van der Waals surface area contributed by atoms with Gasteiger partial charge in [0.05, 0.1) is 24.0 Å². The maximum absolute atomic E-state index is 13.3. The van der Waals surface area contributed by atoms with E-state index >= 15 is 0 Å². The molecule has 5 heteroatoms. The highest BCUT2D eigenvalue weighted by Gasteiger charge is 2.50. The van der Waals surface area contributed by atoms with Crippen LogP contribution in [0, 0.1) is 17.8 Å². The van der Waals surface area contributed by atoms with Gasteiger partial charge in [0.25, 0.3) is 0 Å². The molecule has 2 heterocycles. The third-order valence-electron chi connectivity index (χ3n) is 8.03. The monoisotopic (exact) mass is 489 g/mol. The molecule has 2 fully saturated rings. The van der Waals surface area contributed by atoms with Crippen molar-refractivity contribution in [1.29, 1.82) is 0 Å². The molecule has 36 heavy (non-hydrogen) atoms. The van der Waals surface area contributed by atoms with Crippen LogP contribution in [0.25, 0.3) is 0 Å². The molecule has 4 rings (SSSR count). The van der Waals surface area contributed by atoms with Crippen LogP contribution < -0.4 is 4.90 Å². The van der Waals surface area contributed by atoms with E-state index in [2.05, 4.69) is 12.2 Å². The number of allylic oxidation sites excluding steroid dienone is 2. The normalized spacial score (nSPS) is 25.9. The number of fused-ring (bicyclic) bond motifs is 2. The van der Waals surface area contributed by atoms with E-state index in [4.69, 9.17) is 4.74 Å². The summed E-state index contributed by atoms with van der Waals surface area (Å²) in [6.45, 7) is 4.05. The minimum Gasteiger partial charge on any atom is -0.506 e. The van der Waals surface area contributed by atoms with E-state index in [0.29, 0.717) is 12.1 Å². The molecule has 5 nitrogen and oxygen atoms in total. The van der Waals surface area contributed by atoms with Crippen molar-refractivity contribution in [3.05, 3.63) is 84.5 Å². The van der Waals surface area contributed by atoms with Crippen molar-refractivity contribution >= 4 is 11.6 Å². The summed E-state index contributed by atoms with van der Waals surface area (Å²) in [5.74, 6) is 0.554. The fourth-order valence-corrected chi connectivity index (χ4v) is 5.91. The molecule has 0 aromatic heterocycles. The first kappa shape index (κ1) is 26.2. The number of phenols is 1. The van der Waals surface area contributed by atoms with Crippen LogP contribution >= 0.6 is 0 Å². The third-order valence-corrected chi connectivity index (χ3v) is 8.03. The van der Waals surface area contributed by atoms with Crippen LogP contribution in [0.1, 0.15) is 51.0 Å². The summed E-state index contributed by atoms with van der Waals surface area (Å²) in [5, 5.41) is 21.2. The molecule has 2 aliphatic rings. The van der Waals surface area contributed by atoms with Crippen molar-refractivity contribution in [2.75, 3.05) is 11.9 Å². The molecular formula is C31H39NO4. The second-order valence-electron chi connectivity index (χ2n) is 10.2. The van der Waals surface area contributed by atoms with Gasteiger partial charge in [-0.05, 0) is 55.7 Å². The highest BCUT2D eigenvalue weighted by molar-refractivity contribution is 5.94. The van der Waals surface area contributed by atoms with Crippen molar-refractivity contribution in [3.63, 3.8) is 0 Å². The van der Waals surface area contributed by atoms with Crippen molar-refractivity contribution in [2.45, 2.75) is 63.8 Å². The number of hydrogen-bond donors (Lipinski definition) is 2. The van der Waals surface area contributed by atoms with Crippen molar-refractivity contribution in [2.24, 2.45) is 17.8 Å². The summed E-state index contributed by atoms with van der Waals surface area (Å²) in [7, 11) is 1.72. The summed E-state index contributed by atoms with van der Waals surface area (Å²) < 4.78 is 6.36. The van der Waals surface area contributed by atoms with E-state index in [0.717, 1.165) is 24.8 Å². The van der Waals surface area contributed by atoms with Gasteiger partial charge in [-0.2, -0.15) is 0 Å². The second-order valence-corrected chi connectivity index (χ2v) is 10.2. The number of anilines is 1. The van der Waals surface area contributed by atoms with Gasteiger partial charge < -0.3 is 19.8 Å². The van der Waals surface area contributed by atoms with Crippen LogP contribution in [0.4, 0.5) is 5.69 Å². The van der Waals surface area contributed by atoms with E-state index in [9.17, 15) is 15.0 Å². The lowest BCUT2D eigenvalue weighted by molar-refractivity contribution is -0.119. The summed E-state index contributed by atoms with van der Waals surface area (Å²) in [5.41, 5.74) is 1.63. The van der Waals surface area contributed by atoms with Gasteiger partial charge in [0.15, 0.2) is 0 Å². The molecule has 0 radical (unpaired) electrons. The molecule has 2 saturated heterocycles. The molecule has 2 N–H and O–H groups in total. The predicted octanol–water partition coefficient (Wildman–Crippen LogP) is 5.84. The minimum atomic E-state index is -0.588. The number of hydrogen-bond acceptors (Lipinski definition) is 4. The van der Waals surface area contributed by atoms with Crippen LogP contribution in [-0.2, 0) is 9.53 Å². The number of para-hydroxylation sites is 2. The topological polar surface area (TPSA) is 70.0 Å². The molecule has 2 aromatic carbocycles. The largest absolute Gasteiger partial charge is 0.506 e. The van der Waals surface area contributed by atoms with E-state index in [1.54, 1.807) is 30.1 Å². The lowest BCUT2D eigenvalue weighted by atomic mass is 9.70. The van der Waals surface area contributed by atoms with Gasteiger partial charge in [-0.3, -0.25) is 4.79 Å². The molecule has 0 spiro atoms. The van der Waals surface area contributed by atoms with Crippen molar-refractivity contribution in [1.82, 2.24) is 0 Å². The first-order chi connectivity index (χ1) is 17.4. The minimum absolute atomic E-state index is 0.00647. The van der Waals surface area contributed by atoms with E-state index < -0.39 is 6.10 Å². The highest BCUT2D eigenvalue weighted by atomic mass is 16.5. The maximum atomic E-state index is 13.3. The Morgan fingerprint density at radius 1 is 1.11 bits per heavy atom. The molecule has 0 aliphatic carbocycles. The molecule has 3 unspecified atom stereocenters. The number of amides is 1. The third kappa shape index (κ3) is 5.74. The van der Waals surface area contributed by atoms with Crippen LogP contribution in [0.2, 0.25) is 0 Å². The first-order valence-electron chi connectivity index (χ1n) is 13.1. The summed E-state index contributed by atoms with van der Waals surface area (Å²) in [4.78, 5) is 14.9. The van der Waals surface area contributed by atoms with Gasteiger partial charge in [0, 0.05) is 25.3 Å². The Bertz CT molecular complexity index is 1070. The zero-order valence-corrected chi connectivity index (χ0v) is 21.5. The zero-order valence-electron chi connectivity index (χ0n) is 21.5. The average molecular weight is 490 g/mol. The molecule has 0 saturated carbocycles. The molecule has 2 aliphatic heterocycles. The van der Waals surface area contributed by atoms with Gasteiger partial charge in [-0.1, -0.05) is 73.7 Å². The maximum Gasteiger partial charge on any atom is 0.227 e. The molecule has 2 bridgehead atoms. The fraction of sp³-hybridized carbons (Fsp3) is 0.452. The lowest BCUT2D eigenvalue weighted by Gasteiger charge is -2.33. The van der Waals surface area contributed by atoms with Crippen LogP contribution in [0.3, 0.4) is 0 Å². The van der Waals surface area contributed by atoms with Gasteiger partial charge in [0.2, 0.25) is 5.91 Å². The van der Waals surface area contributed by atoms with E-state index in [-0.39, 0.29) is 47.5 Å². The van der Waals surface area contributed by atoms with Crippen molar-refractivity contribution < 1.29 is 19.7 Å². The molecule has 2 aromatic rings. The number of aliphatic hydroxyl groups excluding tert-OH is 1. The number of benzene rings is 2. The standard InChI is InChI=1S/C31H39NO4/c1-4-5-11-23(20-30(35)32(3)25-14-9-10-15-27(25)34)31-24(28-18-19-29(31)36-28)16-17-26(33)21(2)22-12-7-6-8-13-22/h4-10,12-17,21,23-24,26,28-29,31,33-34H,11,18-20H2,1-3H3/b5-4-,17-16+/t21?,23-,24?,26?,28-,29+,31+/m0/s1. The Labute approximate surface area is 215 Å². The SMILES string of the molecule is C/C=C\C[C@@H](CC(=O)N(C)c1ccccc1O)[C@@H]1C(/C=C/C(O)C(C)c2ccccc2)[C@@H]2CC[C@H]1O2. The number of rotatable bonds is 10. The Hall–Kier alpha value is -2.89. The number of ether oxygens (including phenoxy) is 1. The highest BCUT2D eigenvalue weighted by Crippen LogP contribution is 2.49. The molecular weight excluding hydrogens is 450 g/mol. The quantitative estimate of drug-likeness (QED) is 0.411. The number of nitrogens with zero attached hydrogens (tertiary/aromatic N) is 1. The first-order valence-corrected chi connectivity index (χ1v) is 13.1. The van der Waals surface area contributed by atoms with Gasteiger partial charge in [0.1, 0.15) is 5.75 Å². The van der Waals surface area contributed by atoms with Crippen molar-refractivity contribution in [3.8, 4) is 5.75 Å². The van der Waals surface area contributed by atoms with Crippen LogP contribution in [-0.4, -0.2) is 41.5 Å².